The summed E-state index contributed by atoms with van der Waals surface area (Å²) in [5, 5.41) is 3.57. The fraction of sp³-hybridized carbons (Fsp3) is 0.167. The number of hydrogen-bond donors (Lipinski definition) is 0. The topological polar surface area (TPSA) is 35.5 Å². The Labute approximate surface area is 62.1 Å². The summed E-state index contributed by atoms with van der Waals surface area (Å²) in [6.07, 6.45) is 0. The summed E-state index contributed by atoms with van der Waals surface area (Å²) in [6, 6.07) is 1.72. The van der Waals surface area contributed by atoms with Crippen LogP contribution in [0.15, 0.2) is 16.8 Å². The van der Waals surface area contributed by atoms with Crippen LogP contribution in [0.2, 0.25) is 0 Å². The van der Waals surface area contributed by atoms with Crippen LogP contribution in [-0.2, 0) is 9.68 Å². The van der Waals surface area contributed by atoms with Crippen LogP contribution in [0.5, 0.6) is 5.75 Å². The van der Waals surface area contributed by atoms with Crippen LogP contribution in [-0.4, -0.2) is 5.97 Å². The first-order valence-corrected chi connectivity index (χ1v) is 3.60. The van der Waals surface area contributed by atoms with Gasteiger partial charge < -0.3 is 0 Å². The van der Waals surface area contributed by atoms with E-state index in [0.717, 1.165) is 0 Å². The molecule has 0 N–H and O–H groups in total. The van der Waals surface area contributed by atoms with Crippen molar-refractivity contribution in [2.24, 2.45) is 0 Å². The second-order valence-electron chi connectivity index (χ2n) is 1.62. The van der Waals surface area contributed by atoms with Crippen LogP contribution in [0.3, 0.4) is 0 Å². The molecule has 0 amide bonds. The van der Waals surface area contributed by atoms with E-state index in [0.29, 0.717) is 5.75 Å². The molecule has 0 aliphatic heterocycles. The zero-order chi connectivity index (χ0) is 7.40. The SMILES string of the molecule is CC(=O)OOc1ccsc1. The molecule has 1 aromatic heterocycles. The van der Waals surface area contributed by atoms with E-state index in [2.05, 4.69) is 9.78 Å². The van der Waals surface area contributed by atoms with Crippen LogP contribution in [0, 0.1) is 0 Å². The highest BCUT2D eigenvalue weighted by Gasteiger charge is 1.96. The molecule has 10 heavy (non-hydrogen) atoms. The summed E-state index contributed by atoms with van der Waals surface area (Å²) in [6.45, 7) is 1.28. The van der Waals surface area contributed by atoms with Crippen molar-refractivity contribution < 1.29 is 14.6 Å². The molecular weight excluding hydrogens is 152 g/mol. The van der Waals surface area contributed by atoms with Gasteiger partial charge in [-0.3, -0.25) is 9.78 Å². The molecule has 3 nitrogen and oxygen atoms in total. The zero-order valence-corrected chi connectivity index (χ0v) is 6.18. The predicted octanol–water partition coefficient (Wildman–Crippen LogP) is 1.60. The molecule has 0 fully saturated rings. The van der Waals surface area contributed by atoms with Crippen molar-refractivity contribution in [2.45, 2.75) is 6.92 Å². The van der Waals surface area contributed by atoms with E-state index < -0.39 is 5.97 Å². The van der Waals surface area contributed by atoms with Gasteiger partial charge in [0.05, 0.1) is 0 Å². The third kappa shape index (κ3) is 2.06. The first kappa shape index (κ1) is 7.08. The number of rotatable bonds is 2. The van der Waals surface area contributed by atoms with Crippen molar-refractivity contribution in [1.82, 2.24) is 0 Å². The molecule has 1 rings (SSSR count). The van der Waals surface area contributed by atoms with E-state index in [9.17, 15) is 4.79 Å². The molecule has 0 atom stereocenters. The predicted molar refractivity (Wildman–Crippen MR) is 36.7 cm³/mol. The normalized spacial score (nSPS) is 8.90. The maximum Gasteiger partial charge on any atom is 0.352 e. The third-order valence-corrected chi connectivity index (χ3v) is 1.41. The van der Waals surface area contributed by atoms with Crippen molar-refractivity contribution in [2.75, 3.05) is 0 Å². The second kappa shape index (κ2) is 3.22. The van der Waals surface area contributed by atoms with Gasteiger partial charge in [0, 0.05) is 12.3 Å². The molecule has 0 aromatic carbocycles. The smallest absolute Gasteiger partial charge is 0.286 e. The van der Waals surface area contributed by atoms with Gasteiger partial charge in [0.1, 0.15) is 0 Å². The van der Waals surface area contributed by atoms with Crippen molar-refractivity contribution >= 4 is 17.3 Å². The van der Waals surface area contributed by atoms with Crippen LogP contribution in [0.25, 0.3) is 0 Å². The monoisotopic (exact) mass is 158 g/mol. The van der Waals surface area contributed by atoms with Gasteiger partial charge in [0.25, 0.3) is 0 Å². The fourth-order valence-electron chi connectivity index (χ4n) is 0.406. The maximum atomic E-state index is 10.2. The van der Waals surface area contributed by atoms with Crippen LogP contribution < -0.4 is 4.89 Å². The van der Waals surface area contributed by atoms with Gasteiger partial charge in [-0.25, -0.2) is 4.79 Å². The van der Waals surface area contributed by atoms with Crippen molar-refractivity contribution in [1.29, 1.82) is 0 Å². The van der Waals surface area contributed by atoms with Gasteiger partial charge in [0.2, 0.25) is 0 Å². The standard InChI is InChI=1S/C6H6O3S/c1-5(7)8-9-6-2-3-10-4-6/h2-4H,1H3. The Kier molecular flexibility index (Phi) is 2.28. The summed E-state index contributed by atoms with van der Waals surface area (Å²) < 4.78 is 0. The lowest BCUT2D eigenvalue weighted by atomic mass is 10.6. The lowest BCUT2D eigenvalue weighted by molar-refractivity contribution is -0.210. The molecule has 54 valence electrons. The highest BCUT2D eigenvalue weighted by molar-refractivity contribution is 7.08. The molecule has 4 heteroatoms. The van der Waals surface area contributed by atoms with E-state index in [4.69, 9.17) is 0 Å². The molecule has 1 heterocycles. The number of carbonyl (C=O) groups excluding carboxylic acids is 1. The lowest BCUT2D eigenvalue weighted by Crippen LogP contribution is -2.01. The number of carbonyl (C=O) groups is 1. The first-order chi connectivity index (χ1) is 4.79. The molecule has 0 unspecified atom stereocenters. The minimum atomic E-state index is -0.453. The van der Waals surface area contributed by atoms with E-state index in [-0.39, 0.29) is 0 Å². The van der Waals surface area contributed by atoms with E-state index in [1.54, 1.807) is 11.4 Å². The molecule has 0 saturated carbocycles. The van der Waals surface area contributed by atoms with Crippen molar-refractivity contribution in [3.8, 4) is 5.75 Å². The van der Waals surface area contributed by atoms with Gasteiger partial charge in [-0.1, -0.05) is 0 Å². The summed E-state index contributed by atoms with van der Waals surface area (Å²) in [5.74, 6) is 0.103. The molecule has 0 bridgehead atoms. The third-order valence-electron chi connectivity index (χ3n) is 0.750. The summed E-state index contributed by atoms with van der Waals surface area (Å²) in [5.41, 5.74) is 0. The van der Waals surface area contributed by atoms with E-state index in [1.165, 1.54) is 18.3 Å². The molecule has 0 spiro atoms. The van der Waals surface area contributed by atoms with Crippen LogP contribution in [0.4, 0.5) is 0 Å². The van der Waals surface area contributed by atoms with Crippen molar-refractivity contribution in [3.63, 3.8) is 0 Å². The summed E-state index contributed by atoms with van der Waals surface area (Å²) >= 11 is 1.47. The average molecular weight is 158 g/mol. The fourth-order valence-corrected chi connectivity index (χ4v) is 0.949. The Bertz CT molecular complexity index is 205. The molecule has 0 saturated heterocycles. The molecule has 0 aliphatic carbocycles. The van der Waals surface area contributed by atoms with Crippen LogP contribution >= 0.6 is 11.3 Å². The largest absolute Gasteiger partial charge is 0.352 e. The number of thiophene rings is 1. The highest BCUT2D eigenvalue weighted by Crippen LogP contribution is 2.14. The summed E-state index contributed by atoms with van der Waals surface area (Å²) in [7, 11) is 0. The Morgan fingerprint density at radius 1 is 1.70 bits per heavy atom. The van der Waals surface area contributed by atoms with Gasteiger partial charge in [-0.15, -0.1) is 11.3 Å². The molecule has 1 aromatic rings. The van der Waals surface area contributed by atoms with Crippen molar-refractivity contribution in [3.05, 3.63) is 16.8 Å². The zero-order valence-electron chi connectivity index (χ0n) is 5.37. The highest BCUT2D eigenvalue weighted by atomic mass is 32.1. The first-order valence-electron chi connectivity index (χ1n) is 2.66. The quantitative estimate of drug-likeness (QED) is 0.484. The number of hydrogen-bond acceptors (Lipinski definition) is 4. The molecule has 0 radical (unpaired) electrons. The Balaban J connectivity index is 2.35. The molecule has 0 aliphatic rings. The average Bonchev–Trinajstić information content (AvgIpc) is 2.34. The van der Waals surface area contributed by atoms with Gasteiger partial charge in [-0.2, -0.15) is 0 Å². The minimum absolute atomic E-state index is 0.453. The van der Waals surface area contributed by atoms with E-state index >= 15 is 0 Å². The van der Waals surface area contributed by atoms with Gasteiger partial charge in [0.15, 0.2) is 5.75 Å². The molecular formula is C6H6O3S. The van der Waals surface area contributed by atoms with E-state index in [1.807, 2.05) is 5.38 Å². The van der Waals surface area contributed by atoms with Gasteiger partial charge >= 0.3 is 5.97 Å². The van der Waals surface area contributed by atoms with Gasteiger partial charge in [-0.05, 0) is 11.4 Å². The second-order valence-corrected chi connectivity index (χ2v) is 2.40. The summed E-state index contributed by atoms with van der Waals surface area (Å²) in [4.78, 5) is 19.0. The Morgan fingerprint density at radius 3 is 3.00 bits per heavy atom. The minimum Gasteiger partial charge on any atom is -0.286 e. The Hall–Kier alpha value is -1.03. The lowest BCUT2D eigenvalue weighted by Gasteiger charge is -1.96. The Morgan fingerprint density at radius 2 is 2.50 bits per heavy atom. The van der Waals surface area contributed by atoms with Crippen LogP contribution in [0.1, 0.15) is 6.92 Å². The maximum absolute atomic E-state index is 10.2.